The smallest absolute Gasteiger partial charge is 0.319 e. The highest BCUT2D eigenvalue weighted by molar-refractivity contribution is 6.30. The van der Waals surface area contributed by atoms with Crippen LogP contribution in [-0.4, -0.2) is 27.5 Å². The number of carbonyl (C=O) groups is 3. The number of aromatic nitrogens is 1. The maximum absolute atomic E-state index is 12.2. The summed E-state index contributed by atoms with van der Waals surface area (Å²) in [6, 6.07) is 9.60. The normalized spacial score (nSPS) is 16.3. The molecule has 0 radical (unpaired) electrons. The number of imide groups is 1. The average molecular weight is 441 g/mol. The number of carbonyl (C=O) groups excluding carboxylic acids is 3. The van der Waals surface area contributed by atoms with Crippen molar-refractivity contribution in [1.82, 2.24) is 15.2 Å². The molecule has 2 heterocycles. The molecule has 1 atom stereocenters. The first-order valence-corrected chi connectivity index (χ1v) is 10.2. The summed E-state index contributed by atoms with van der Waals surface area (Å²) in [7, 11) is 0. The Labute approximate surface area is 183 Å². The molecule has 2 aromatic carbocycles. The molecule has 0 spiro atoms. The molecule has 1 saturated heterocycles. The lowest BCUT2D eigenvalue weighted by molar-refractivity contribution is -0.135. The van der Waals surface area contributed by atoms with Gasteiger partial charge >= 0.3 is 6.03 Å². The number of nitrogens with zero attached hydrogens (tertiary/aromatic N) is 1. The molecule has 4 amide bonds. The van der Waals surface area contributed by atoms with Gasteiger partial charge in [-0.3, -0.25) is 14.9 Å². The zero-order chi connectivity index (χ0) is 22.1. The van der Waals surface area contributed by atoms with Crippen LogP contribution in [0.5, 0.6) is 5.88 Å². The van der Waals surface area contributed by atoms with E-state index in [1.165, 1.54) is 4.57 Å². The lowest BCUT2D eigenvalue weighted by atomic mass is 10.1. The first-order chi connectivity index (χ1) is 14.8. The second-order valence-electron chi connectivity index (χ2n) is 7.52. The van der Waals surface area contributed by atoms with Gasteiger partial charge in [-0.15, -0.1) is 0 Å². The number of rotatable bonds is 4. The molecule has 0 aliphatic carbocycles. The van der Waals surface area contributed by atoms with E-state index < -0.39 is 11.9 Å². The van der Waals surface area contributed by atoms with Crippen LogP contribution in [0.15, 0.2) is 42.6 Å². The zero-order valence-electron chi connectivity index (χ0n) is 16.7. The Morgan fingerprint density at radius 2 is 2.06 bits per heavy atom. The van der Waals surface area contributed by atoms with Gasteiger partial charge in [-0.25, -0.2) is 4.79 Å². The number of anilines is 1. The Kier molecular flexibility index (Phi) is 5.56. The van der Waals surface area contributed by atoms with E-state index in [0.29, 0.717) is 22.5 Å². The van der Waals surface area contributed by atoms with Gasteiger partial charge in [0.15, 0.2) is 5.88 Å². The first kappa shape index (κ1) is 20.7. The van der Waals surface area contributed by atoms with Crippen LogP contribution in [0.2, 0.25) is 5.02 Å². The van der Waals surface area contributed by atoms with Gasteiger partial charge in [0.2, 0.25) is 11.8 Å². The van der Waals surface area contributed by atoms with Crippen molar-refractivity contribution in [3.05, 3.63) is 58.7 Å². The van der Waals surface area contributed by atoms with Crippen LogP contribution in [0, 0.1) is 6.92 Å². The maximum Gasteiger partial charge on any atom is 0.319 e. The Balaban J connectivity index is 1.46. The third kappa shape index (κ3) is 4.34. The maximum atomic E-state index is 12.2. The summed E-state index contributed by atoms with van der Waals surface area (Å²) < 4.78 is 1.49. The standard InChI is InChI=1S/C22H21ClN4O4/c1-12-8-15(23)3-5-17(12)25-22(31)24-10-13-2-4-16-14(9-13)11-27(21(16)30)18-6-7-19(28)26-20(18)29/h2-5,8-9,11,18,30H,6-7,10H2,1H3,(H2,24,25,31)(H,26,28,29). The Hall–Kier alpha value is -3.52. The molecular formula is C22H21ClN4O4. The van der Waals surface area contributed by atoms with E-state index in [4.69, 9.17) is 11.6 Å². The molecule has 3 aromatic rings. The van der Waals surface area contributed by atoms with E-state index in [1.54, 1.807) is 36.5 Å². The fraction of sp³-hybridized carbons (Fsp3) is 0.227. The highest BCUT2D eigenvalue weighted by atomic mass is 35.5. The zero-order valence-corrected chi connectivity index (χ0v) is 17.5. The fourth-order valence-electron chi connectivity index (χ4n) is 3.68. The minimum Gasteiger partial charge on any atom is -0.494 e. The van der Waals surface area contributed by atoms with Gasteiger partial charge in [0.25, 0.3) is 0 Å². The lowest BCUT2D eigenvalue weighted by Gasteiger charge is -2.22. The van der Waals surface area contributed by atoms with E-state index in [9.17, 15) is 19.5 Å². The summed E-state index contributed by atoms with van der Waals surface area (Å²) in [5, 5.41) is 20.4. The van der Waals surface area contributed by atoms with Crippen LogP contribution >= 0.6 is 11.6 Å². The fourth-order valence-corrected chi connectivity index (χ4v) is 3.91. The lowest BCUT2D eigenvalue weighted by Crippen LogP contribution is -2.41. The summed E-state index contributed by atoms with van der Waals surface area (Å²) in [5.41, 5.74) is 2.36. The van der Waals surface area contributed by atoms with Crippen molar-refractivity contribution < 1.29 is 19.5 Å². The topological polar surface area (TPSA) is 112 Å². The molecule has 31 heavy (non-hydrogen) atoms. The Bertz CT molecular complexity index is 1200. The highest BCUT2D eigenvalue weighted by Crippen LogP contribution is 2.33. The summed E-state index contributed by atoms with van der Waals surface area (Å²) in [6.45, 7) is 2.13. The number of aromatic hydroxyl groups is 1. The largest absolute Gasteiger partial charge is 0.494 e. The molecule has 1 aromatic heterocycles. The molecule has 4 rings (SSSR count). The molecule has 9 heteroatoms. The molecular weight excluding hydrogens is 420 g/mol. The van der Waals surface area contributed by atoms with Crippen LogP contribution in [0.1, 0.15) is 30.0 Å². The predicted molar refractivity (Wildman–Crippen MR) is 117 cm³/mol. The SMILES string of the molecule is Cc1cc(Cl)ccc1NC(=O)NCc1ccc2c(O)n(C3CCC(=O)NC3=O)cc2c1. The van der Waals surface area contributed by atoms with Crippen LogP contribution in [0.25, 0.3) is 10.8 Å². The van der Waals surface area contributed by atoms with Gasteiger partial charge in [0.1, 0.15) is 6.04 Å². The van der Waals surface area contributed by atoms with Gasteiger partial charge in [-0.05, 0) is 54.8 Å². The predicted octanol–water partition coefficient (Wildman–Crippen LogP) is 3.61. The van der Waals surface area contributed by atoms with Gasteiger partial charge in [0, 0.05) is 40.6 Å². The Morgan fingerprint density at radius 3 is 2.81 bits per heavy atom. The third-order valence-corrected chi connectivity index (χ3v) is 5.55. The highest BCUT2D eigenvalue weighted by Gasteiger charge is 2.30. The van der Waals surface area contributed by atoms with Crippen molar-refractivity contribution in [2.45, 2.75) is 32.4 Å². The number of nitrogens with one attached hydrogen (secondary N) is 3. The first-order valence-electron chi connectivity index (χ1n) is 9.79. The quantitative estimate of drug-likeness (QED) is 0.464. The van der Waals surface area contributed by atoms with Gasteiger partial charge in [-0.1, -0.05) is 17.7 Å². The number of piperidine rings is 1. The van der Waals surface area contributed by atoms with Crippen LogP contribution in [0.3, 0.4) is 0 Å². The molecule has 0 bridgehead atoms. The van der Waals surface area contributed by atoms with Gasteiger partial charge in [-0.2, -0.15) is 0 Å². The minimum atomic E-state index is -0.639. The number of fused-ring (bicyclic) bond motifs is 1. The van der Waals surface area contributed by atoms with E-state index in [-0.39, 0.29) is 30.8 Å². The number of amides is 4. The van der Waals surface area contributed by atoms with Crippen LogP contribution in [-0.2, 0) is 16.1 Å². The number of hydrogen-bond donors (Lipinski definition) is 4. The van der Waals surface area contributed by atoms with Crippen molar-refractivity contribution in [2.75, 3.05) is 5.32 Å². The molecule has 1 aliphatic heterocycles. The second-order valence-corrected chi connectivity index (χ2v) is 7.95. The number of urea groups is 1. The summed E-state index contributed by atoms with van der Waals surface area (Å²) in [4.78, 5) is 35.8. The van der Waals surface area contributed by atoms with Gasteiger partial charge < -0.3 is 20.3 Å². The second kappa shape index (κ2) is 8.31. The van der Waals surface area contributed by atoms with Crippen molar-refractivity contribution in [2.24, 2.45) is 0 Å². The summed E-state index contributed by atoms with van der Waals surface area (Å²) in [6.07, 6.45) is 2.24. The van der Waals surface area contributed by atoms with E-state index in [2.05, 4.69) is 16.0 Å². The molecule has 1 unspecified atom stereocenters. The molecule has 4 N–H and O–H groups in total. The Morgan fingerprint density at radius 1 is 1.26 bits per heavy atom. The average Bonchev–Trinajstić information content (AvgIpc) is 3.04. The third-order valence-electron chi connectivity index (χ3n) is 5.32. The van der Waals surface area contributed by atoms with Crippen molar-refractivity contribution in [3.63, 3.8) is 0 Å². The van der Waals surface area contributed by atoms with Crippen molar-refractivity contribution in [3.8, 4) is 5.88 Å². The molecule has 1 fully saturated rings. The molecule has 160 valence electrons. The van der Waals surface area contributed by atoms with Gasteiger partial charge in [0.05, 0.1) is 0 Å². The van der Waals surface area contributed by atoms with Crippen LogP contribution < -0.4 is 16.0 Å². The number of hydrogen-bond acceptors (Lipinski definition) is 4. The minimum absolute atomic E-state index is 0.0278. The molecule has 1 aliphatic rings. The number of benzene rings is 2. The monoisotopic (exact) mass is 440 g/mol. The summed E-state index contributed by atoms with van der Waals surface area (Å²) in [5.74, 6) is -0.763. The molecule has 0 saturated carbocycles. The van der Waals surface area contributed by atoms with Crippen molar-refractivity contribution in [1.29, 1.82) is 0 Å². The van der Waals surface area contributed by atoms with E-state index in [0.717, 1.165) is 16.5 Å². The number of aryl methyl sites for hydroxylation is 1. The van der Waals surface area contributed by atoms with E-state index in [1.807, 2.05) is 13.0 Å². The molecule has 8 nitrogen and oxygen atoms in total. The van der Waals surface area contributed by atoms with E-state index >= 15 is 0 Å². The summed E-state index contributed by atoms with van der Waals surface area (Å²) >= 11 is 5.93. The van der Waals surface area contributed by atoms with Crippen LogP contribution in [0.4, 0.5) is 10.5 Å². The van der Waals surface area contributed by atoms with Crippen molar-refractivity contribution >= 4 is 45.9 Å². The number of halogens is 1.